The molecule has 0 heterocycles. The Hall–Kier alpha value is -0.690. The number of rotatable bonds is 4. The molecule has 4 rings (SSSR count). The topological polar surface area (TPSA) is 99.0 Å². The molecule has 28 heavy (non-hydrogen) atoms. The fourth-order valence-electron chi connectivity index (χ4n) is 8.18. The molecule has 4 aliphatic carbocycles. The molecular formula is C22H37NO5. The van der Waals surface area contributed by atoms with Gasteiger partial charge < -0.3 is 20.1 Å². The van der Waals surface area contributed by atoms with Crippen LogP contribution in [0.25, 0.3) is 0 Å². The van der Waals surface area contributed by atoms with Gasteiger partial charge in [0.15, 0.2) is 0 Å². The van der Waals surface area contributed by atoms with E-state index in [-0.39, 0.29) is 35.9 Å². The molecule has 1 spiro atoms. The van der Waals surface area contributed by atoms with Crippen molar-refractivity contribution in [2.24, 2.45) is 34.0 Å². The van der Waals surface area contributed by atoms with Crippen molar-refractivity contribution in [1.82, 2.24) is 5.32 Å². The molecule has 4 saturated carbocycles. The van der Waals surface area contributed by atoms with Crippen LogP contribution >= 0.6 is 0 Å². The molecule has 4 aliphatic rings. The van der Waals surface area contributed by atoms with Crippen LogP contribution in [0.4, 0.5) is 0 Å². The highest BCUT2D eigenvalue weighted by molar-refractivity contribution is 5.71. The number of hydrogen-bond acceptors (Lipinski definition) is 6. The fourth-order valence-corrected chi connectivity index (χ4v) is 8.18. The van der Waals surface area contributed by atoms with E-state index in [1.807, 2.05) is 0 Å². The van der Waals surface area contributed by atoms with E-state index >= 15 is 0 Å². The predicted octanol–water partition coefficient (Wildman–Crippen LogP) is 1.81. The van der Waals surface area contributed by atoms with E-state index in [1.54, 1.807) is 0 Å². The van der Waals surface area contributed by atoms with E-state index in [0.717, 1.165) is 44.9 Å². The summed E-state index contributed by atoms with van der Waals surface area (Å²) in [4.78, 5) is 11.6. The molecule has 0 aromatic carbocycles. The SMILES string of the molecule is COC(=O)CN[C@@]1(O)CC[C@]23CC1C[C@@H]2CC[C@H]1[C@](C)(CO)[C@H](O)CC[C@@]13C. The lowest BCUT2D eigenvalue weighted by atomic mass is 9.39. The van der Waals surface area contributed by atoms with Gasteiger partial charge in [0.1, 0.15) is 5.72 Å². The van der Waals surface area contributed by atoms with Crippen molar-refractivity contribution < 1.29 is 24.9 Å². The van der Waals surface area contributed by atoms with Gasteiger partial charge in [0.25, 0.3) is 0 Å². The zero-order valence-corrected chi connectivity index (χ0v) is 17.5. The lowest BCUT2D eigenvalue weighted by Gasteiger charge is -2.66. The van der Waals surface area contributed by atoms with Crippen LogP contribution in [0.1, 0.15) is 65.2 Å². The highest BCUT2D eigenvalue weighted by Crippen LogP contribution is 2.75. The molecule has 6 heteroatoms. The van der Waals surface area contributed by atoms with Crippen molar-refractivity contribution in [1.29, 1.82) is 0 Å². The van der Waals surface area contributed by atoms with Crippen LogP contribution < -0.4 is 5.32 Å². The van der Waals surface area contributed by atoms with Gasteiger partial charge in [-0.3, -0.25) is 10.1 Å². The zero-order valence-electron chi connectivity index (χ0n) is 17.5. The van der Waals surface area contributed by atoms with Crippen LogP contribution in [0, 0.1) is 34.0 Å². The molecule has 0 radical (unpaired) electrons. The third-order valence-corrected chi connectivity index (χ3v) is 9.90. The van der Waals surface area contributed by atoms with Crippen LogP contribution in [0.3, 0.4) is 0 Å². The molecule has 4 fully saturated rings. The Morgan fingerprint density at radius 2 is 1.89 bits per heavy atom. The Labute approximate surface area is 168 Å². The van der Waals surface area contributed by atoms with E-state index in [9.17, 15) is 20.1 Å². The molecule has 4 N–H and O–H groups in total. The minimum Gasteiger partial charge on any atom is -0.468 e. The lowest BCUT2D eigenvalue weighted by molar-refractivity contribution is -0.216. The lowest BCUT2D eigenvalue weighted by Crippen LogP contribution is -2.64. The molecule has 6 nitrogen and oxygen atoms in total. The van der Waals surface area contributed by atoms with Gasteiger partial charge in [-0.2, -0.15) is 0 Å². The molecule has 0 amide bonds. The number of esters is 1. The van der Waals surface area contributed by atoms with Gasteiger partial charge in [0, 0.05) is 11.3 Å². The van der Waals surface area contributed by atoms with Crippen molar-refractivity contribution in [3.8, 4) is 0 Å². The van der Waals surface area contributed by atoms with Gasteiger partial charge >= 0.3 is 5.97 Å². The number of carbonyl (C=O) groups is 1. The first-order valence-electron chi connectivity index (χ1n) is 11.0. The Balaban J connectivity index is 1.62. The first-order valence-corrected chi connectivity index (χ1v) is 11.0. The van der Waals surface area contributed by atoms with Gasteiger partial charge in [-0.05, 0) is 74.0 Å². The smallest absolute Gasteiger partial charge is 0.319 e. The van der Waals surface area contributed by atoms with Gasteiger partial charge in [-0.1, -0.05) is 13.8 Å². The van der Waals surface area contributed by atoms with E-state index < -0.39 is 17.2 Å². The maximum absolute atomic E-state index is 11.6. The van der Waals surface area contributed by atoms with Gasteiger partial charge in [0.05, 0.1) is 26.4 Å². The van der Waals surface area contributed by atoms with Crippen LogP contribution in [0.15, 0.2) is 0 Å². The largest absolute Gasteiger partial charge is 0.468 e. The summed E-state index contributed by atoms with van der Waals surface area (Å²) in [5.41, 5.74) is -1.21. The van der Waals surface area contributed by atoms with Crippen LogP contribution in [-0.2, 0) is 9.53 Å². The number of fused-ring (bicyclic) bond motifs is 2. The quantitative estimate of drug-likeness (QED) is 0.428. The molecule has 160 valence electrons. The number of hydrogen-bond donors (Lipinski definition) is 4. The van der Waals surface area contributed by atoms with Crippen LogP contribution in [-0.4, -0.2) is 53.4 Å². The Bertz CT molecular complexity index is 642. The third kappa shape index (κ3) is 2.57. The second kappa shape index (κ2) is 6.66. The summed E-state index contributed by atoms with van der Waals surface area (Å²) >= 11 is 0. The van der Waals surface area contributed by atoms with Crippen LogP contribution in [0.2, 0.25) is 0 Å². The molecular weight excluding hydrogens is 358 g/mol. The van der Waals surface area contributed by atoms with Crippen LogP contribution in [0.5, 0.6) is 0 Å². The average Bonchev–Trinajstić information content (AvgIpc) is 3.04. The predicted molar refractivity (Wildman–Crippen MR) is 104 cm³/mol. The first-order chi connectivity index (χ1) is 13.1. The third-order valence-electron chi connectivity index (χ3n) is 9.90. The van der Waals surface area contributed by atoms with Crippen molar-refractivity contribution in [3.05, 3.63) is 0 Å². The Morgan fingerprint density at radius 1 is 1.14 bits per heavy atom. The van der Waals surface area contributed by atoms with E-state index in [2.05, 4.69) is 19.2 Å². The summed E-state index contributed by atoms with van der Waals surface area (Å²) in [6, 6.07) is 0. The van der Waals surface area contributed by atoms with Gasteiger partial charge in [-0.15, -0.1) is 0 Å². The number of nitrogens with one attached hydrogen (secondary N) is 1. The van der Waals surface area contributed by atoms with Gasteiger partial charge in [0.2, 0.25) is 0 Å². The number of methoxy groups -OCH3 is 1. The highest BCUT2D eigenvalue weighted by Gasteiger charge is 2.70. The van der Waals surface area contributed by atoms with Crippen molar-refractivity contribution in [2.45, 2.75) is 77.0 Å². The van der Waals surface area contributed by atoms with Crippen molar-refractivity contribution >= 4 is 5.97 Å². The number of aliphatic hydroxyl groups is 3. The Kier molecular flexibility index (Phi) is 4.89. The summed E-state index contributed by atoms with van der Waals surface area (Å²) in [6.07, 6.45) is 6.97. The summed E-state index contributed by atoms with van der Waals surface area (Å²) in [5.74, 6) is 0.665. The normalized spacial score (nSPS) is 52.6. The standard InChI is InChI=1S/C22H37NO5/c1-19(13-24)16-5-4-14-10-15-11-21(14,20(16,2)7-6-17(19)25)8-9-22(15,27)23-12-18(26)28-3/h14-17,23-25,27H,4-13H2,1-3H3/t14-,15?,16-,17+,19-,20-,21-,22+/m0/s1. The molecule has 0 aromatic heterocycles. The maximum atomic E-state index is 11.6. The van der Waals surface area contributed by atoms with Gasteiger partial charge in [-0.25, -0.2) is 0 Å². The second-order valence-corrected chi connectivity index (χ2v) is 10.6. The first kappa shape index (κ1) is 20.6. The maximum Gasteiger partial charge on any atom is 0.319 e. The minimum absolute atomic E-state index is 0.0310. The molecule has 1 unspecified atom stereocenters. The van der Waals surface area contributed by atoms with Crippen molar-refractivity contribution in [2.75, 3.05) is 20.3 Å². The monoisotopic (exact) mass is 395 g/mol. The van der Waals surface area contributed by atoms with E-state index in [4.69, 9.17) is 4.74 Å². The molecule has 0 aromatic rings. The summed E-state index contributed by atoms with van der Waals surface area (Å²) in [5, 5.41) is 35.4. The van der Waals surface area contributed by atoms with E-state index in [1.165, 1.54) is 7.11 Å². The summed E-state index contributed by atoms with van der Waals surface area (Å²) < 4.78 is 4.73. The second-order valence-electron chi connectivity index (χ2n) is 10.6. The van der Waals surface area contributed by atoms with E-state index in [0.29, 0.717) is 18.3 Å². The number of aliphatic hydroxyl groups excluding tert-OH is 2. The summed E-state index contributed by atoms with van der Waals surface area (Å²) in [7, 11) is 1.37. The zero-order chi connectivity index (χ0) is 20.4. The number of ether oxygens (including phenoxy) is 1. The minimum atomic E-state index is -1.00. The molecule has 2 bridgehead atoms. The fraction of sp³-hybridized carbons (Fsp3) is 0.955. The molecule has 0 aliphatic heterocycles. The molecule has 0 saturated heterocycles. The number of carbonyl (C=O) groups excluding carboxylic acids is 1. The highest BCUT2D eigenvalue weighted by atomic mass is 16.5. The Morgan fingerprint density at radius 3 is 2.57 bits per heavy atom. The summed E-state index contributed by atoms with van der Waals surface area (Å²) in [6.45, 7) is 4.54. The van der Waals surface area contributed by atoms with Crippen molar-refractivity contribution in [3.63, 3.8) is 0 Å². The molecule has 8 atom stereocenters. The average molecular weight is 396 g/mol.